The second kappa shape index (κ2) is 7.31. The summed E-state index contributed by atoms with van der Waals surface area (Å²) in [6.07, 6.45) is -3.12. The molecule has 2 heterocycles. The van der Waals surface area contributed by atoms with Crippen molar-refractivity contribution in [3.63, 3.8) is 0 Å². The van der Waals surface area contributed by atoms with Crippen molar-refractivity contribution in [1.82, 2.24) is 15.1 Å². The topological polar surface area (TPSA) is 55.3 Å². The normalized spacial score (nSPS) is 17.8. The molecule has 2 aromatic rings. The van der Waals surface area contributed by atoms with E-state index in [1.165, 1.54) is 12.1 Å². The molecule has 1 unspecified atom stereocenters. The number of aryl methyl sites for hydroxylation is 1. The largest absolute Gasteiger partial charge is 0.471 e. The van der Waals surface area contributed by atoms with E-state index in [4.69, 9.17) is 4.74 Å². The van der Waals surface area contributed by atoms with Crippen molar-refractivity contribution in [3.05, 3.63) is 53.2 Å². The minimum absolute atomic E-state index is 0.223. The zero-order chi connectivity index (χ0) is 18.7. The number of alkyl halides is 3. The number of hydrogen-bond acceptors (Lipinski definition) is 4. The van der Waals surface area contributed by atoms with Crippen LogP contribution < -0.4 is 4.74 Å². The van der Waals surface area contributed by atoms with Crippen molar-refractivity contribution in [2.75, 3.05) is 13.1 Å². The highest BCUT2D eigenvalue weighted by Gasteiger charge is 2.31. The van der Waals surface area contributed by atoms with Crippen LogP contribution >= 0.6 is 0 Å². The van der Waals surface area contributed by atoms with Gasteiger partial charge in [-0.05, 0) is 50.1 Å². The number of benzene rings is 1. The second-order valence-corrected chi connectivity index (χ2v) is 6.22. The summed E-state index contributed by atoms with van der Waals surface area (Å²) >= 11 is 0. The van der Waals surface area contributed by atoms with Crippen molar-refractivity contribution in [2.24, 2.45) is 0 Å². The molecule has 1 aliphatic rings. The van der Waals surface area contributed by atoms with Gasteiger partial charge < -0.3 is 9.64 Å². The first-order chi connectivity index (χ1) is 12.3. The number of halogens is 3. The summed E-state index contributed by atoms with van der Waals surface area (Å²) in [6.45, 7) is 2.72. The van der Waals surface area contributed by atoms with Crippen LogP contribution in [0.3, 0.4) is 0 Å². The van der Waals surface area contributed by atoms with Gasteiger partial charge in [-0.2, -0.15) is 18.3 Å². The van der Waals surface area contributed by atoms with Crippen LogP contribution in [-0.2, 0) is 6.18 Å². The molecule has 1 atom stereocenters. The van der Waals surface area contributed by atoms with Crippen molar-refractivity contribution >= 4 is 5.91 Å². The average molecular weight is 365 g/mol. The Morgan fingerprint density at radius 1 is 1.15 bits per heavy atom. The van der Waals surface area contributed by atoms with E-state index in [0.717, 1.165) is 30.7 Å². The third-order valence-electron chi connectivity index (χ3n) is 4.19. The second-order valence-electron chi connectivity index (χ2n) is 6.22. The lowest BCUT2D eigenvalue weighted by atomic mass is 10.1. The Labute approximate surface area is 148 Å². The SMILES string of the molecule is Cc1ccc(OC2CCCN(C(=O)c3ccc(C(F)(F)F)cc3)C2)nn1. The van der Waals surface area contributed by atoms with Gasteiger partial charge in [-0.1, -0.05) is 0 Å². The predicted octanol–water partition coefficient (Wildman–Crippen LogP) is 3.49. The molecule has 0 N–H and O–H groups in total. The molecule has 0 bridgehead atoms. The molecule has 1 aromatic heterocycles. The van der Waals surface area contributed by atoms with Gasteiger partial charge >= 0.3 is 6.18 Å². The van der Waals surface area contributed by atoms with Gasteiger partial charge in [-0.25, -0.2) is 0 Å². The number of carbonyl (C=O) groups is 1. The zero-order valence-corrected chi connectivity index (χ0v) is 14.2. The lowest BCUT2D eigenvalue weighted by molar-refractivity contribution is -0.137. The highest BCUT2D eigenvalue weighted by molar-refractivity contribution is 5.94. The van der Waals surface area contributed by atoms with Crippen molar-refractivity contribution < 1.29 is 22.7 Å². The standard InChI is InChI=1S/C18H18F3N3O2/c1-12-4-9-16(23-22-12)26-15-3-2-10-24(11-15)17(25)13-5-7-14(8-6-13)18(19,20)21/h4-9,15H,2-3,10-11H2,1H3. The summed E-state index contributed by atoms with van der Waals surface area (Å²) in [5, 5.41) is 7.88. The molecule has 8 heteroatoms. The maximum Gasteiger partial charge on any atom is 0.416 e. The van der Waals surface area contributed by atoms with Gasteiger partial charge in [0.05, 0.1) is 17.8 Å². The van der Waals surface area contributed by atoms with E-state index in [1.54, 1.807) is 17.0 Å². The summed E-state index contributed by atoms with van der Waals surface area (Å²) in [4.78, 5) is 14.2. The molecule has 1 saturated heterocycles. The van der Waals surface area contributed by atoms with Gasteiger partial charge in [0.15, 0.2) is 0 Å². The molecule has 5 nitrogen and oxygen atoms in total. The summed E-state index contributed by atoms with van der Waals surface area (Å²) in [6, 6.07) is 7.78. The fraction of sp³-hybridized carbons (Fsp3) is 0.389. The number of amides is 1. The maximum atomic E-state index is 12.6. The molecule has 1 aromatic carbocycles. The van der Waals surface area contributed by atoms with E-state index < -0.39 is 11.7 Å². The summed E-state index contributed by atoms with van der Waals surface area (Å²) < 4.78 is 43.7. The van der Waals surface area contributed by atoms with E-state index >= 15 is 0 Å². The molecule has 0 radical (unpaired) electrons. The Balaban J connectivity index is 1.65. The van der Waals surface area contributed by atoms with Crippen LogP contribution in [0.2, 0.25) is 0 Å². The Bertz CT molecular complexity index is 761. The molecule has 138 valence electrons. The first-order valence-electron chi connectivity index (χ1n) is 8.26. The summed E-state index contributed by atoms with van der Waals surface area (Å²) in [5.74, 6) is 0.0893. The highest BCUT2D eigenvalue weighted by atomic mass is 19.4. The smallest absolute Gasteiger partial charge is 0.416 e. The van der Waals surface area contributed by atoms with Gasteiger partial charge in [-0.15, -0.1) is 5.10 Å². The Hall–Kier alpha value is -2.64. The fourth-order valence-corrected chi connectivity index (χ4v) is 2.82. The summed E-state index contributed by atoms with van der Waals surface area (Å²) in [7, 11) is 0. The molecule has 1 amide bonds. The average Bonchev–Trinajstić information content (AvgIpc) is 2.63. The van der Waals surface area contributed by atoms with Crippen molar-refractivity contribution in [1.29, 1.82) is 0 Å². The molecular formula is C18H18F3N3O2. The van der Waals surface area contributed by atoms with Crippen LogP contribution in [0, 0.1) is 6.92 Å². The molecule has 1 aliphatic heterocycles. The van der Waals surface area contributed by atoms with Crippen LogP contribution in [0.15, 0.2) is 36.4 Å². The van der Waals surface area contributed by atoms with E-state index in [9.17, 15) is 18.0 Å². The van der Waals surface area contributed by atoms with Gasteiger partial charge in [-0.3, -0.25) is 4.79 Å². The van der Waals surface area contributed by atoms with Crippen LogP contribution in [0.1, 0.15) is 34.5 Å². The molecule has 26 heavy (non-hydrogen) atoms. The van der Waals surface area contributed by atoms with Crippen LogP contribution in [0.4, 0.5) is 13.2 Å². The van der Waals surface area contributed by atoms with Crippen molar-refractivity contribution in [2.45, 2.75) is 32.0 Å². The first kappa shape index (κ1) is 18.2. The quantitative estimate of drug-likeness (QED) is 0.836. The number of aromatic nitrogens is 2. The molecule has 3 rings (SSSR count). The van der Waals surface area contributed by atoms with Crippen LogP contribution in [-0.4, -0.2) is 40.2 Å². The fourth-order valence-electron chi connectivity index (χ4n) is 2.82. The van der Waals surface area contributed by atoms with Crippen LogP contribution in [0.5, 0.6) is 5.88 Å². The predicted molar refractivity (Wildman–Crippen MR) is 87.8 cm³/mol. The molecular weight excluding hydrogens is 347 g/mol. The number of ether oxygens (including phenoxy) is 1. The molecule has 0 aliphatic carbocycles. The van der Waals surface area contributed by atoms with Gasteiger partial charge in [0.2, 0.25) is 5.88 Å². The number of nitrogens with zero attached hydrogens (tertiary/aromatic N) is 3. The number of piperidine rings is 1. The van der Waals surface area contributed by atoms with E-state index in [1.807, 2.05) is 6.92 Å². The van der Waals surface area contributed by atoms with E-state index in [2.05, 4.69) is 10.2 Å². The minimum atomic E-state index is -4.42. The molecule has 0 spiro atoms. The molecule has 0 saturated carbocycles. The molecule has 1 fully saturated rings. The van der Waals surface area contributed by atoms with Gasteiger partial charge in [0, 0.05) is 18.2 Å². The van der Waals surface area contributed by atoms with Crippen molar-refractivity contribution in [3.8, 4) is 5.88 Å². The third-order valence-corrected chi connectivity index (χ3v) is 4.19. The number of rotatable bonds is 3. The zero-order valence-electron chi connectivity index (χ0n) is 14.2. The lowest BCUT2D eigenvalue weighted by Gasteiger charge is -2.32. The minimum Gasteiger partial charge on any atom is -0.471 e. The highest BCUT2D eigenvalue weighted by Crippen LogP contribution is 2.29. The number of carbonyl (C=O) groups excluding carboxylic acids is 1. The van der Waals surface area contributed by atoms with Crippen LogP contribution in [0.25, 0.3) is 0 Å². The van der Waals surface area contributed by atoms with E-state index in [-0.39, 0.29) is 17.6 Å². The van der Waals surface area contributed by atoms with Gasteiger partial charge in [0.25, 0.3) is 5.91 Å². The third kappa shape index (κ3) is 4.30. The summed E-state index contributed by atoms with van der Waals surface area (Å²) in [5.41, 5.74) is 0.237. The Morgan fingerprint density at radius 2 is 1.88 bits per heavy atom. The Morgan fingerprint density at radius 3 is 2.50 bits per heavy atom. The maximum absolute atomic E-state index is 12.6. The van der Waals surface area contributed by atoms with Gasteiger partial charge in [0.1, 0.15) is 6.10 Å². The number of likely N-dealkylation sites (tertiary alicyclic amines) is 1. The lowest BCUT2D eigenvalue weighted by Crippen LogP contribution is -2.44. The Kier molecular flexibility index (Phi) is 5.11. The monoisotopic (exact) mass is 365 g/mol. The first-order valence-corrected chi connectivity index (χ1v) is 8.26. The van der Waals surface area contributed by atoms with E-state index in [0.29, 0.717) is 19.0 Å². The number of hydrogen-bond donors (Lipinski definition) is 0.